The van der Waals surface area contributed by atoms with Gasteiger partial charge in [-0.05, 0) is 18.6 Å². The molecule has 1 N–H and O–H groups in total. The van der Waals surface area contributed by atoms with Crippen molar-refractivity contribution in [1.29, 1.82) is 0 Å². The molecule has 0 saturated carbocycles. The summed E-state index contributed by atoms with van der Waals surface area (Å²) in [5, 5.41) is 4.23. The van der Waals surface area contributed by atoms with Gasteiger partial charge in [0, 0.05) is 23.7 Å². The monoisotopic (exact) mass is 323 g/mol. The van der Waals surface area contributed by atoms with Gasteiger partial charge in [0.2, 0.25) is 0 Å². The first-order chi connectivity index (χ1) is 8.96. The Morgan fingerprint density at radius 1 is 1.37 bits per heavy atom. The Labute approximate surface area is 123 Å². The average molecular weight is 324 g/mol. The van der Waals surface area contributed by atoms with Gasteiger partial charge >= 0.3 is 0 Å². The van der Waals surface area contributed by atoms with Crippen LogP contribution in [0.15, 0.2) is 18.2 Å². The van der Waals surface area contributed by atoms with Crippen molar-refractivity contribution < 1.29 is 13.2 Å². The number of benzene rings is 1. The van der Waals surface area contributed by atoms with Crippen LogP contribution in [0, 0.1) is 0 Å². The zero-order chi connectivity index (χ0) is 13.9. The van der Waals surface area contributed by atoms with E-state index in [-0.39, 0.29) is 17.5 Å². The second-order valence-electron chi connectivity index (χ2n) is 4.48. The van der Waals surface area contributed by atoms with Gasteiger partial charge in [-0.2, -0.15) is 0 Å². The molecule has 1 aromatic rings. The van der Waals surface area contributed by atoms with Gasteiger partial charge in [-0.25, -0.2) is 8.42 Å². The third kappa shape index (κ3) is 4.53. The molecule has 19 heavy (non-hydrogen) atoms. The summed E-state index contributed by atoms with van der Waals surface area (Å²) in [6.45, 7) is 0.986. The first-order valence-corrected chi connectivity index (χ1v) is 8.56. The molecule has 1 fully saturated rings. The molecule has 0 bridgehead atoms. The van der Waals surface area contributed by atoms with Crippen molar-refractivity contribution in [3.63, 3.8) is 0 Å². The molecule has 1 aromatic carbocycles. The van der Waals surface area contributed by atoms with E-state index in [0.717, 1.165) is 0 Å². The van der Waals surface area contributed by atoms with Crippen LogP contribution >= 0.6 is 23.2 Å². The highest BCUT2D eigenvalue weighted by atomic mass is 35.5. The van der Waals surface area contributed by atoms with Gasteiger partial charge in [-0.1, -0.05) is 23.2 Å². The Kier molecular flexibility index (Phi) is 4.95. The number of hydrogen-bond acceptors (Lipinski definition) is 4. The second-order valence-corrected chi connectivity index (χ2v) is 7.55. The predicted molar refractivity (Wildman–Crippen MR) is 77.0 cm³/mol. The Bertz CT molecular complexity index is 548. The zero-order valence-corrected chi connectivity index (χ0v) is 12.6. The highest BCUT2D eigenvalue weighted by Gasteiger charge is 2.27. The molecule has 1 heterocycles. The second kappa shape index (κ2) is 6.31. The molecule has 1 aliphatic heterocycles. The van der Waals surface area contributed by atoms with Gasteiger partial charge in [0.15, 0.2) is 9.84 Å². The number of sulfone groups is 1. The maximum Gasteiger partial charge on any atom is 0.151 e. The Balaban J connectivity index is 1.74. The van der Waals surface area contributed by atoms with Crippen molar-refractivity contribution >= 4 is 33.0 Å². The van der Waals surface area contributed by atoms with E-state index >= 15 is 0 Å². The normalized spacial score (nSPS) is 21.5. The fourth-order valence-corrected chi connectivity index (χ4v) is 4.01. The minimum Gasteiger partial charge on any atom is -0.491 e. The third-order valence-corrected chi connectivity index (χ3v) is 5.23. The highest BCUT2D eigenvalue weighted by Crippen LogP contribution is 2.27. The van der Waals surface area contributed by atoms with Crippen LogP contribution in [0.25, 0.3) is 0 Å². The van der Waals surface area contributed by atoms with Crippen LogP contribution in [0.1, 0.15) is 6.42 Å². The standard InChI is InChI=1S/C12H15Cl2NO3S/c13-9-1-2-11(14)12(7-9)18-5-4-15-10-3-6-19(16,17)8-10/h1-2,7,10,15H,3-6,8H2. The summed E-state index contributed by atoms with van der Waals surface area (Å²) in [7, 11) is -2.84. The van der Waals surface area contributed by atoms with Crippen molar-refractivity contribution in [2.24, 2.45) is 0 Å². The SMILES string of the molecule is O=S1(=O)CCC(NCCOc2cc(Cl)ccc2Cl)C1. The van der Waals surface area contributed by atoms with E-state index in [1.54, 1.807) is 18.2 Å². The van der Waals surface area contributed by atoms with E-state index in [1.165, 1.54) is 0 Å². The van der Waals surface area contributed by atoms with Crippen LogP contribution in [-0.2, 0) is 9.84 Å². The summed E-state index contributed by atoms with van der Waals surface area (Å²) in [6.07, 6.45) is 0.667. The molecule has 0 aromatic heterocycles. The fraction of sp³-hybridized carbons (Fsp3) is 0.500. The van der Waals surface area contributed by atoms with E-state index in [1.807, 2.05) is 0 Å². The summed E-state index contributed by atoms with van der Waals surface area (Å²) in [6, 6.07) is 5.06. The number of nitrogens with one attached hydrogen (secondary N) is 1. The highest BCUT2D eigenvalue weighted by molar-refractivity contribution is 7.91. The van der Waals surface area contributed by atoms with E-state index in [4.69, 9.17) is 27.9 Å². The van der Waals surface area contributed by atoms with Gasteiger partial charge in [0.05, 0.1) is 16.5 Å². The summed E-state index contributed by atoms with van der Waals surface area (Å²) in [5.41, 5.74) is 0. The molecule has 0 radical (unpaired) electrons. The van der Waals surface area contributed by atoms with Crippen LogP contribution in [0.5, 0.6) is 5.75 Å². The lowest BCUT2D eigenvalue weighted by Gasteiger charge is -2.12. The molecule has 1 unspecified atom stereocenters. The molecule has 4 nitrogen and oxygen atoms in total. The Morgan fingerprint density at radius 3 is 2.84 bits per heavy atom. The summed E-state index contributed by atoms with van der Waals surface area (Å²) in [5.74, 6) is 1.02. The Hall–Kier alpha value is -0.490. The molecule has 1 saturated heterocycles. The topological polar surface area (TPSA) is 55.4 Å². The molecule has 1 atom stereocenters. The molecular formula is C12H15Cl2NO3S. The largest absolute Gasteiger partial charge is 0.491 e. The lowest BCUT2D eigenvalue weighted by atomic mass is 10.3. The predicted octanol–water partition coefficient (Wildman–Crippen LogP) is 2.15. The summed E-state index contributed by atoms with van der Waals surface area (Å²) in [4.78, 5) is 0. The molecule has 0 spiro atoms. The smallest absolute Gasteiger partial charge is 0.151 e. The maximum atomic E-state index is 11.3. The van der Waals surface area contributed by atoms with Crippen LogP contribution in [0.4, 0.5) is 0 Å². The lowest BCUT2D eigenvalue weighted by molar-refractivity contribution is 0.307. The van der Waals surface area contributed by atoms with Gasteiger partial charge in [-0.3, -0.25) is 0 Å². The van der Waals surface area contributed by atoms with Crippen LogP contribution in [0.2, 0.25) is 10.0 Å². The molecule has 0 amide bonds. The molecule has 7 heteroatoms. The molecule has 2 rings (SSSR count). The van der Waals surface area contributed by atoms with Gasteiger partial charge in [0.1, 0.15) is 12.4 Å². The number of hydrogen-bond donors (Lipinski definition) is 1. The zero-order valence-electron chi connectivity index (χ0n) is 10.2. The average Bonchev–Trinajstić information content (AvgIpc) is 2.69. The first kappa shape index (κ1) is 14.9. The van der Waals surface area contributed by atoms with Crippen LogP contribution < -0.4 is 10.1 Å². The van der Waals surface area contributed by atoms with Crippen molar-refractivity contribution in [2.75, 3.05) is 24.7 Å². The Morgan fingerprint density at radius 2 is 2.16 bits per heavy atom. The first-order valence-electron chi connectivity index (χ1n) is 5.98. The van der Waals surface area contributed by atoms with Gasteiger partial charge < -0.3 is 10.1 Å². The van der Waals surface area contributed by atoms with Crippen LogP contribution in [-0.4, -0.2) is 39.1 Å². The fourth-order valence-electron chi connectivity index (χ4n) is 1.97. The minimum absolute atomic E-state index is 0.0310. The van der Waals surface area contributed by atoms with Crippen molar-refractivity contribution in [1.82, 2.24) is 5.32 Å². The maximum absolute atomic E-state index is 11.3. The van der Waals surface area contributed by atoms with Crippen molar-refractivity contribution in [3.05, 3.63) is 28.2 Å². The van der Waals surface area contributed by atoms with E-state index in [9.17, 15) is 8.42 Å². The van der Waals surface area contributed by atoms with E-state index in [0.29, 0.717) is 35.4 Å². The molecular weight excluding hydrogens is 309 g/mol. The summed E-state index contributed by atoms with van der Waals surface area (Å²) >= 11 is 11.8. The molecule has 0 aliphatic carbocycles. The number of rotatable bonds is 5. The van der Waals surface area contributed by atoms with Crippen molar-refractivity contribution in [2.45, 2.75) is 12.5 Å². The number of ether oxygens (including phenoxy) is 1. The van der Waals surface area contributed by atoms with E-state index in [2.05, 4.69) is 5.32 Å². The van der Waals surface area contributed by atoms with E-state index < -0.39 is 9.84 Å². The molecule has 1 aliphatic rings. The third-order valence-electron chi connectivity index (χ3n) is 2.92. The summed E-state index contributed by atoms with van der Waals surface area (Å²) < 4.78 is 28.0. The lowest BCUT2D eigenvalue weighted by Crippen LogP contribution is -2.33. The van der Waals surface area contributed by atoms with Gasteiger partial charge in [-0.15, -0.1) is 0 Å². The van der Waals surface area contributed by atoms with Crippen LogP contribution in [0.3, 0.4) is 0 Å². The minimum atomic E-state index is -2.84. The molecule has 106 valence electrons. The quantitative estimate of drug-likeness (QED) is 0.843. The van der Waals surface area contributed by atoms with Gasteiger partial charge in [0.25, 0.3) is 0 Å². The number of halogens is 2. The van der Waals surface area contributed by atoms with Crippen molar-refractivity contribution in [3.8, 4) is 5.75 Å².